The zero-order valence-electron chi connectivity index (χ0n) is 11.4. The summed E-state index contributed by atoms with van der Waals surface area (Å²) in [7, 11) is 0. The fourth-order valence-electron chi connectivity index (χ4n) is 2.75. The SMILES string of the molecule is CC(=O)c1c(C#N)c(-c2cccnc2Cl)n2c1C=CCC2. The first kappa shape index (κ1) is 13.6. The molecule has 3 heterocycles. The second kappa shape index (κ2) is 5.19. The van der Waals surface area contributed by atoms with Crippen molar-refractivity contribution in [3.63, 3.8) is 0 Å². The lowest BCUT2D eigenvalue weighted by Crippen LogP contribution is -2.07. The molecule has 0 amide bonds. The van der Waals surface area contributed by atoms with Crippen molar-refractivity contribution in [1.29, 1.82) is 5.26 Å². The van der Waals surface area contributed by atoms with Crippen LogP contribution in [-0.2, 0) is 6.54 Å². The van der Waals surface area contributed by atoms with Crippen LogP contribution in [-0.4, -0.2) is 15.3 Å². The number of nitriles is 1. The Balaban J connectivity index is 2.41. The van der Waals surface area contributed by atoms with Gasteiger partial charge in [0.25, 0.3) is 0 Å². The number of pyridine rings is 1. The number of hydrogen-bond acceptors (Lipinski definition) is 3. The number of carbonyl (C=O) groups excluding carboxylic acids is 1. The fraction of sp³-hybridized carbons (Fsp3) is 0.188. The quantitative estimate of drug-likeness (QED) is 0.627. The molecular formula is C16H12ClN3O. The van der Waals surface area contributed by atoms with Gasteiger partial charge in [-0.2, -0.15) is 5.26 Å². The molecule has 4 nitrogen and oxygen atoms in total. The molecule has 0 radical (unpaired) electrons. The van der Waals surface area contributed by atoms with Crippen molar-refractivity contribution in [3.05, 3.63) is 46.4 Å². The maximum Gasteiger partial charge on any atom is 0.163 e. The normalized spacial score (nSPS) is 12.8. The van der Waals surface area contributed by atoms with E-state index in [0.29, 0.717) is 34.1 Å². The molecule has 0 unspecified atom stereocenters. The summed E-state index contributed by atoms with van der Waals surface area (Å²) >= 11 is 6.18. The van der Waals surface area contributed by atoms with Gasteiger partial charge in [-0.1, -0.05) is 17.7 Å². The highest BCUT2D eigenvalue weighted by molar-refractivity contribution is 6.32. The van der Waals surface area contributed by atoms with E-state index in [1.165, 1.54) is 6.92 Å². The van der Waals surface area contributed by atoms with E-state index in [0.717, 1.165) is 12.1 Å². The molecule has 1 aliphatic heterocycles. The average Bonchev–Trinajstić information content (AvgIpc) is 2.82. The van der Waals surface area contributed by atoms with E-state index in [2.05, 4.69) is 11.1 Å². The van der Waals surface area contributed by atoms with Crippen molar-refractivity contribution in [1.82, 2.24) is 9.55 Å². The zero-order chi connectivity index (χ0) is 15.0. The third kappa shape index (κ3) is 2.07. The third-order valence-electron chi connectivity index (χ3n) is 3.58. The molecule has 2 aromatic rings. The number of aromatic nitrogens is 2. The molecular weight excluding hydrogens is 286 g/mol. The van der Waals surface area contributed by atoms with Crippen LogP contribution in [0.4, 0.5) is 0 Å². The number of ketones is 1. The Morgan fingerprint density at radius 1 is 1.52 bits per heavy atom. The number of allylic oxidation sites excluding steroid dienone is 1. The molecule has 0 aliphatic carbocycles. The molecule has 0 saturated carbocycles. The minimum atomic E-state index is -0.117. The Hall–Kier alpha value is -2.38. The number of Topliss-reactive ketones (excluding diaryl/α,β-unsaturated/α-hetero) is 1. The van der Waals surface area contributed by atoms with Gasteiger partial charge < -0.3 is 4.57 Å². The summed E-state index contributed by atoms with van der Waals surface area (Å²) in [4.78, 5) is 16.1. The second-order valence-electron chi connectivity index (χ2n) is 4.84. The first-order valence-corrected chi connectivity index (χ1v) is 6.98. The minimum Gasteiger partial charge on any atom is -0.339 e. The van der Waals surface area contributed by atoms with Crippen LogP contribution in [0.2, 0.25) is 5.15 Å². The van der Waals surface area contributed by atoms with Gasteiger partial charge in [0.1, 0.15) is 11.2 Å². The van der Waals surface area contributed by atoms with Crippen molar-refractivity contribution in [2.45, 2.75) is 19.9 Å². The van der Waals surface area contributed by atoms with Gasteiger partial charge in [-0.15, -0.1) is 0 Å². The number of carbonyl (C=O) groups is 1. The Kier molecular flexibility index (Phi) is 3.36. The molecule has 104 valence electrons. The number of nitrogens with zero attached hydrogens (tertiary/aromatic N) is 3. The van der Waals surface area contributed by atoms with Crippen LogP contribution in [0.25, 0.3) is 17.3 Å². The van der Waals surface area contributed by atoms with Crippen LogP contribution in [0.15, 0.2) is 24.4 Å². The van der Waals surface area contributed by atoms with Crippen molar-refractivity contribution in [2.24, 2.45) is 0 Å². The van der Waals surface area contributed by atoms with Gasteiger partial charge in [-0.25, -0.2) is 4.98 Å². The highest BCUT2D eigenvalue weighted by Crippen LogP contribution is 2.36. The second-order valence-corrected chi connectivity index (χ2v) is 5.19. The lowest BCUT2D eigenvalue weighted by molar-refractivity contribution is 0.101. The highest BCUT2D eigenvalue weighted by Gasteiger charge is 2.27. The maximum absolute atomic E-state index is 12.0. The molecule has 0 saturated heterocycles. The summed E-state index contributed by atoms with van der Waals surface area (Å²) in [5.41, 5.74) is 2.97. The zero-order valence-corrected chi connectivity index (χ0v) is 12.2. The monoisotopic (exact) mass is 297 g/mol. The standard InChI is InChI=1S/C16H12ClN3O/c1-10(21)14-12(9-18)15(11-5-4-7-19-16(11)17)20-8-3-2-6-13(14)20/h2,4-7H,3,8H2,1H3. The third-order valence-corrected chi connectivity index (χ3v) is 3.88. The molecule has 0 atom stereocenters. The van der Waals surface area contributed by atoms with Gasteiger partial charge in [0, 0.05) is 18.3 Å². The number of halogens is 1. The van der Waals surface area contributed by atoms with E-state index in [1.54, 1.807) is 12.3 Å². The van der Waals surface area contributed by atoms with E-state index in [9.17, 15) is 10.1 Å². The van der Waals surface area contributed by atoms with E-state index in [4.69, 9.17) is 11.6 Å². The van der Waals surface area contributed by atoms with E-state index < -0.39 is 0 Å². The number of hydrogen-bond donors (Lipinski definition) is 0. The van der Waals surface area contributed by atoms with E-state index in [-0.39, 0.29) is 5.78 Å². The molecule has 0 spiro atoms. The van der Waals surface area contributed by atoms with Gasteiger partial charge in [0.2, 0.25) is 0 Å². The summed E-state index contributed by atoms with van der Waals surface area (Å²) in [5.74, 6) is -0.117. The summed E-state index contributed by atoms with van der Waals surface area (Å²) in [5, 5.41) is 9.88. The van der Waals surface area contributed by atoms with Crippen LogP contribution in [0, 0.1) is 11.3 Å². The molecule has 0 aromatic carbocycles. The summed E-state index contributed by atoms with van der Waals surface area (Å²) in [6.07, 6.45) is 6.37. The number of rotatable bonds is 2. The van der Waals surface area contributed by atoms with Crippen molar-refractivity contribution >= 4 is 23.5 Å². The van der Waals surface area contributed by atoms with Crippen LogP contribution >= 0.6 is 11.6 Å². The summed E-state index contributed by atoms with van der Waals surface area (Å²) < 4.78 is 1.98. The predicted octanol–water partition coefficient (Wildman–Crippen LogP) is 3.69. The van der Waals surface area contributed by atoms with Gasteiger partial charge >= 0.3 is 0 Å². The molecule has 5 heteroatoms. The van der Waals surface area contributed by atoms with E-state index >= 15 is 0 Å². The first-order chi connectivity index (χ1) is 10.1. The van der Waals surface area contributed by atoms with Crippen LogP contribution in [0.3, 0.4) is 0 Å². The summed E-state index contributed by atoms with van der Waals surface area (Å²) in [6, 6.07) is 5.76. The Morgan fingerprint density at radius 3 is 3.00 bits per heavy atom. The van der Waals surface area contributed by atoms with Gasteiger partial charge in [0.05, 0.1) is 22.5 Å². The molecule has 0 bridgehead atoms. The van der Waals surface area contributed by atoms with Gasteiger partial charge in [0.15, 0.2) is 5.78 Å². The molecule has 1 aliphatic rings. The van der Waals surface area contributed by atoms with Crippen LogP contribution in [0.1, 0.15) is 35.0 Å². The van der Waals surface area contributed by atoms with Gasteiger partial charge in [-0.3, -0.25) is 4.79 Å². The highest BCUT2D eigenvalue weighted by atomic mass is 35.5. The Labute approximate surface area is 127 Å². The molecule has 21 heavy (non-hydrogen) atoms. The molecule has 0 fully saturated rings. The minimum absolute atomic E-state index is 0.117. The van der Waals surface area contributed by atoms with Crippen molar-refractivity contribution < 1.29 is 4.79 Å². The topological polar surface area (TPSA) is 58.7 Å². The largest absolute Gasteiger partial charge is 0.339 e. The van der Waals surface area contributed by atoms with Crippen LogP contribution < -0.4 is 0 Å². The summed E-state index contributed by atoms with van der Waals surface area (Å²) in [6.45, 7) is 2.20. The van der Waals surface area contributed by atoms with Crippen molar-refractivity contribution in [3.8, 4) is 17.3 Å². The Morgan fingerprint density at radius 2 is 2.33 bits per heavy atom. The van der Waals surface area contributed by atoms with Crippen molar-refractivity contribution in [2.75, 3.05) is 0 Å². The van der Waals surface area contributed by atoms with E-state index in [1.807, 2.05) is 22.8 Å². The Bertz CT molecular complexity index is 812. The average molecular weight is 298 g/mol. The number of fused-ring (bicyclic) bond motifs is 1. The molecule has 2 aromatic heterocycles. The van der Waals surface area contributed by atoms with Crippen LogP contribution in [0.5, 0.6) is 0 Å². The lowest BCUT2D eigenvalue weighted by atomic mass is 10.0. The fourth-order valence-corrected chi connectivity index (χ4v) is 2.96. The molecule has 3 rings (SSSR count). The smallest absolute Gasteiger partial charge is 0.163 e. The van der Waals surface area contributed by atoms with Gasteiger partial charge in [-0.05, 0) is 31.6 Å². The predicted molar refractivity (Wildman–Crippen MR) is 81.0 cm³/mol. The maximum atomic E-state index is 12.0. The first-order valence-electron chi connectivity index (χ1n) is 6.60. The lowest BCUT2D eigenvalue weighted by Gasteiger charge is -2.15. The molecule has 0 N–H and O–H groups in total.